The van der Waals surface area contributed by atoms with E-state index in [0.29, 0.717) is 11.5 Å². The van der Waals surface area contributed by atoms with E-state index in [1.54, 1.807) is 0 Å². The molecule has 2 unspecified atom stereocenters. The summed E-state index contributed by atoms with van der Waals surface area (Å²) in [7, 11) is 0. The van der Waals surface area contributed by atoms with E-state index in [4.69, 9.17) is 12.8 Å². The average Bonchev–Trinajstić information content (AvgIpc) is 2.41. The second-order valence-corrected chi connectivity index (χ2v) is 6.54. The first kappa shape index (κ1) is 11.7. The third-order valence-corrected chi connectivity index (χ3v) is 5.40. The molecule has 2 aliphatic heterocycles. The van der Waals surface area contributed by atoms with Gasteiger partial charge in [0.1, 0.15) is 0 Å². The van der Waals surface area contributed by atoms with Gasteiger partial charge >= 0.3 is 0 Å². The van der Waals surface area contributed by atoms with Crippen molar-refractivity contribution < 1.29 is 0 Å². The van der Waals surface area contributed by atoms with Crippen molar-refractivity contribution in [2.24, 2.45) is 5.41 Å². The Morgan fingerprint density at radius 2 is 1.87 bits per heavy atom. The molecular formula is C12H24N2S. The predicted octanol–water partition coefficient (Wildman–Crippen LogP) is 2.42. The van der Waals surface area contributed by atoms with Crippen molar-refractivity contribution in [1.82, 2.24) is 9.21 Å². The molecule has 0 bridgehead atoms. The standard InChI is InChI=1S/C12H24N2S/c1-10(2)13-8-11(3)6-5-7-14(15)12(11,4)9-13/h10,15H,5-9H2,1-4H3. The summed E-state index contributed by atoms with van der Waals surface area (Å²) in [6.07, 6.45) is 2.64. The molecule has 2 aliphatic rings. The van der Waals surface area contributed by atoms with Crippen LogP contribution in [-0.2, 0) is 0 Å². The Hall–Kier alpha value is 0.270. The van der Waals surface area contributed by atoms with Crippen molar-refractivity contribution >= 4 is 12.8 Å². The smallest absolute Gasteiger partial charge is 0.0475 e. The molecule has 15 heavy (non-hydrogen) atoms. The maximum Gasteiger partial charge on any atom is 0.0475 e. The molecule has 0 amide bonds. The van der Waals surface area contributed by atoms with Crippen LogP contribution in [0.4, 0.5) is 0 Å². The molecule has 3 heteroatoms. The van der Waals surface area contributed by atoms with E-state index in [9.17, 15) is 0 Å². The van der Waals surface area contributed by atoms with Crippen molar-refractivity contribution in [3.8, 4) is 0 Å². The Morgan fingerprint density at radius 3 is 2.40 bits per heavy atom. The molecule has 2 saturated heterocycles. The van der Waals surface area contributed by atoms with Crippen LogP contribution < -0.4 is 0 Å². The van der Waals surface area contributed by atoms with Crippen LogP contribution in [0.5, 0.6) is 0 Å². The molecule has 2 fully saturated rings. The van der Waals surface area contributed by atoms with Gasteiger partial charge in [0.25, 0.3) is 0 Å². The Morgan fingerprint density at radius 1 is 1.20 bits per heavy atom. The maximum absolute atomic E-state index is 4.69. The molecule has 0 radical (unpaired) electrons. The number of fused-ring (bicyclic) bond motifs is 1. The Balaban J connectivity index is 2.26. The van der Waals surface area contributed by atoms with Gasteiger partial charge in [0.15, 0.2) is 0 Å². The summed E-state index contributed by atoms with van der Waals surface area (Å²) in [4.78, 5) is 2.61. The van der Waals surface area contributed by atoms with E-state index in [1.165, 1.54) is 25.9 Å². The third-order valence-electron chi connectivity index (χ3n) is 4.76. The van der Waals surface area contributed by atoms with Gasteiger partial charge in [-0.3, -0.25) is 4.90 Å². The highest BCUT2D eigenvalue weighted by atomic mass is 32.1. The molecule has 0 aromatic rings. The zero-order valence-electron chi connectivity index (χ0n) is 10.5. The number of piperidine rings is 1. The van der Waals surface area contributed by atoms with Crippen molar-refractivity contribution in [2.75, 3.05) is 19.6 Å². The fourth-order valence-electron chi connectivity index (χ4n) is 3.23. The van der Waals surface area contributed by atoms with Gasteiger partial charge < -0.3 is 0 Å². The van der Waals surface area contributed by atoms with Crippen LogP contribution >= 0.6 is 12.8 Å². The minimum Gasteiger partial charge on any atom is -0.298 e. The van der Waals surface area contributed by atoms with Crippen LogP contribution in [0.2, 0.25) is 0 Å². The van der Waals surface area contributed by atoms with E-state index in [-0.39, 0.29) is 5.54 Å². The van der Waals surface area contributed by atoms with Gasteiger partial charge in [0.05, 0.1) is 0 Å². The van der Waals surface area contributed by atoms with Gasteiger partial charge in [-0.25, -0.2) is 4.31 Å². The van der Waals surface area contributed by atoms with Crippen molar-refractivity contribution in [3.63, 3.8) is 0 Å². The summed E-state index contributed by atoms with van der Waals surface area (Å²) >= 11 is 4.69. The Kier molecular flexibility index (Phi) is 2.85. The van der Waals surface area contributed by atoms with Gasteiger partial charge in [0, 0.05) is 36.6 Å². The monoisotopic (exact) mass is 228 g/mol. The van der Waals surface area contributed by atoms with Gasteiger partial charge in [-0.2, -0.15) is 0 Å². The summed E-state index contributed by atoms with van der Waals surface area (Å²) in [5.74, 6) is 0. The summed E-state index contributed by atoms with van der Waals surface area (Å²) in [6, 6.07) is 0.658. The minimum absolute atomic E-state index is 0.263. The van der Waals surface area contributed by atoms with Crippen LogP contribution in [0.1, 0.15) is 40.5 Å². The van der Waals surface area contributed by atoms with E-state index in [2.05, 4.69) is 36.9 Å². The fraction of sp³-hybridized carbons (Fsp3) is 1.00. The quantitative estimate of drug-likeness (QED) is 0.689. The first-order chi connectivity index (χ1) is 6.89. The molecule has 0 spiro atoms. The fourth-order valence-corrected chi connectivity index (χ4v) is 3.68. The molecule has 2 nitrogen and oxygen atoms in total. The SMILES string of the molecule is CC(C)N1CC2(C)CCCN(S)C2(C)C1. The molecule has 0 aromatic heterocycles. The summed E-state index contributed by atoms with van der Waals surface area (Å²) in [5.41, 5.74) is 0.690. The van der Waals surface area contributed by atoms with Gasteiger partial charge in [0.2, 0.25) is 0 Å². The highest BCUT2D eigenvalue weighted by Crippen LogP contribution is 2.50. The molecule has 0 saturated carbocycles. The van der Waals surface area contributed by atoms with Crippen LogP contribution in [0.3, 0.4) is 0 Å². The van der Waals surface area contributed by atoms with E-state index < -0.39 is 0 Å². The van der Waals surface area contributed by atoms with Crippen molar-refractivity contribution in [1.29, 1.82) is 0 Å². The maximum atomic E-state index is 4.69. The zero-order valence-corrected chi connectivity index (χ0v) is 11.3. The third kappa shape index (κ3) is 1.63. The summed E-state index contributed by atoms with van der Waals surface area (Å²) < 4.78 is 2.29. The molecular weight excluding hydrogens is 204 g/mol. The molecule has 0 aliphatic carbocycles. The zero-order chi connectivity index (χ0) is 11.3. The van der Waals surface area contributed by atoms with Crippen LogP contribution in [0.25, 0.3) is 0 Å². The molecule has 2 rings (SSSR count). The normalized spacial score (nSPS) is 43.6. The average molecular weight is 228 g/mol. The van der Waals surface area contributed by atoms with Crippen molar-refractivity contribution in [2.45, 2.75) is 52.1 Å². The lowest BCUT2D eigenvalue weighted by atomic mass is 9.69. The van der Waals surface area contributed by atoms with Crippen LogP contribution in [0, 0.1) is 5.41 Å². The largest absolute Gasteiger partial charge is 0.298 e. The Bertz CT molecular complexity index is 256. The summed E-state index contributed by atoms with van der Waals surface area (Å²) in [5, 5.41) is 0. The molecule has 0 N–H and O–H groups in total. The molecule has 88 valence electrons. The van der Waals surface area contributed by atoms with Crippen LogP contribution in [0.15, 0.2) is 0 Å². The second-order valence-electron chi connectivity index (χ2n) is 6.06. The number of likely N-dealkylation sites (tertiary alicyclic amines) is 1. The van der Waals surface area contributed by atoms with Gasteiger partial charge in [-0.1, -0.05) is 19.7 Å². The molecule has 2 heterocycles. The van der Waals surface area contributed by atoms with E-state index >= 15 is 0 Å². The lowest BCUT2D eigenvalue weighted by Crippen LogP contribution is -2.56. The first-order valence-electron chi connectivity index (χ1n) is 6.10. The number of hydrogen-bond acceptors (Lipinski definition) is 3. The van der Waals surface area contributed by atoms with E-state index in [1.807, 2.05) is 0 Å². The lowest BCUT2D eigenvalue weighted by Gasteiger charge is -2.49. The van der Waals surface area contributed by atoms with Gasteiger partial charge in [-0.15, -0.1) is 0 Å². The lowest BCUT2D eigenvalue weighted by molar-refractivity contribution is 0.0551. The highest BCUT2D eigenvalue weighted by Gasteiger charge is 2.56. The number of rotatable bonds is 1. The number of nitrogens with zero attached hydrogens (tertiary/aromatic N) is 2. The number of hydrogen-bond donors (Lipinski definition) is 1. The van der Waals surface area contributed by atoms with Gasteiger partial charge in [-0.05, 0) is 33.6 Å². The molecule has 0 aromatic carbocycles. The predicted molar refractivity (Wildman–Crippen MR) is 68.1 cm³/mol. The van der Waals surface area contributed by atoms with Crippen LogP contribution in [-0.4, -0.2) is 40.4 Å². The molecule has 2 atom stereocenters. The minimum atomic E-state index is 0.263. The first-order valence-corrected chi connectivity index (χ1v) is 6.50. The highest BCUT2D eigenvalue weighted by molar-refractivity contribution is 7.77. The topological polar surface area (TPSA) is 6.48 Å². The number of thiol groups is 1. The van der Waals surface area contributed by atoms with E-state index in [0.717, 1.165) is 6.54 Å². The second kappa shape index (κ2) is 3.64. The Labute approximate surface area is 99.6 Å². The van der Waals surface area contributed by atoms with Crippen molar-refractivity contribution in [3.05, 3.63) is 0 Å². The summed E-state index contributed by atoms with van der Waals surface area (Å²) in [6.45, 7) is 13.0.